The predicted molar refractivity (Wildman–Crippen MR) is 113 cm³/mol. The second kappa shape index (κ2) is 8.44. The van der Waals surface area contributed by atoms with Crippen molar-refractivity contribution < 1.29 is 13.2 Å². The standard InChI is InChI=1S/C22H24N2O3S/c1-3-23(4-2)22(25)17-24(20-12-6-5-7-13-20)28(26,27)21-15-14-18-10-8-9-11-19(18)16-21/h5-16H,3-4,17H2,1-2H3. The van der Waals surface area contributed by atoms with E-state index < -0.39 is 10.0 Å². The lowest BCUT2D eigenvalue weighted by molar-refractivity contribution is -0.129. The van der Waals surface area contributed by atoms with Gasteiger partial charge in [0.05, 0.1) is 10.6 Å². The molecule has 3 aromatic rings. The second-order valence-corrected chi connectivity index (χ2v) is 8.28. The van der Waals surface area contributed by atoms with E-state index in [1.807, 2.05) is 44.2 Å². The number of anilines is 1. The Morgan fingerprint density at radius 2 is 1.43 bits per heavy atom. The zero-order chi connectivity index (χ0) is 20.1. The summed E-state index contributed by atoms with van der Waals surface area (Å²) in [4.78, 5) is 14.5. The summed E-state index contributed by atoms with van der Waals surface area (Å²) in [6.07, 6.45) is 0. The molecule has 0 saturated carbocycles. The lowest BCUT2D eigenvalue weighted by Crippen LogP contribution is -2.43. The molecule has 146 valence electrons. The minimum atomic E-state index is -3.90. The van der Waals surface area contributed by atoms with Gasteiger partial charge in [0.1, 0.15) is 6.54 Å². The zero-order valence-corrected chi connectivity index (χ0v) is 16.9. The molecule has 3 aromatic carbocycles. The fourth-order valence-electron chi connectivity index (χ4n) is 3.16. The fraction of sp³-hybridized carbons (Fsp3) is 0.227. The van der Waals surface area contributed by atoms with Crippen LogP contribution in [0, 0.1) is 0 Å². The van der Waals surface area contributed by atoms with Gasteiger partial charge in [-0.3, -0.25) is 9.10 Å². The molecule has 3 rings (SSSR count). The largest absolute Gasteiger partial charge is 0.342 e. The minimum Gasteiger partial charge on any atom is -0.342 e. The minimum absolute atomic E-state index is 0.169. The van der Waals surface area contributed by atoms with Gasteiger partial charge in [-0.15, -0.1) is 0 Å². The summed E-state index contributed by atoms with van der Waals surface area (Å²) >= 11 is 0. The Labute approximate surface area is 166 Å². The number of carbonyl (C=O) groups is 1. The van der Waals surface area contributed by atoms with Crippen LogP contribution in [0.3, 0.4) is 0 Å². The number of para-hydroxylation sites is 1. The van der Waals surface area contributed by atoms with E-state index in [1.165, 1.54) is 4.31 Å². The number of nitrogens with zero attached hydrogens (tertiary/aromatic N) is 2. The summed E-state index contributed by atoms with van der Waals surface area (Å²) in [6.45, 7) is 4.60. The molecule has 0 aliphatic carbocycles. The Bertz CT molecular complexity index is 1060. The van der Waals surface area contributed by atoms with Crippen LogP contribution < -0.4 is 4.31 Å². The van der Waals surface area contributed by atoms with Gasteiger partial charge in [0, 0.05) is 13.1 Å². The van der Waals surface area contributed by atoms with Gasteiger partial charge in [-0.05, 0) is 48.9 Å². The molecule has 0 unspecified atom stereocenters. The Kier molecular flexibility index (Phi) is 5.99. The lowest BCUT2D eigenvalue weighted by atomic mass is 10.1. The van der Waals surface area contributed by atoms with Gasteiger partial charge in [-0.1, -0.05) is 48.5 Å². The van der Waals surface area contributed by atoms with Gasteiger partial charge >= 0.3 is 0 Å². The van der Waals surface area contributed by atoms with Crippen molar-refractivity contribution in [3.8, 4) is 0 Å². The van der Waals surface area contributed by atoms with Crippen LogP contribution in [0.1, 0.15) is 13.8 Å². The van der Waals surface area contributed by atoms with Crippen molar-refractivity contribution in [1.82, 2.24) is 4.90 Å². The first kappa shape index (κ1) is 19.9. The van der Waals surface area contributed by atoms with Crippen LogP contribution >= 0.6 is 0 Å². The smallest absolute Gasteiger partial charge is 0.264 e. The summed E-state index contributed by atoms with van der Waals surface area (Å²) in [5.74, 6) is -0.224. The number of amides is 1. The monoisotopic (exact) mass is 396 g/mol. The number of fused-ring (bicyclic) bond motifs is 1. The lowest BCUT2D eigenvalue weighted by Gasteiger charge is -2.27. The SMILES string of the molecule is CCN(CC)C(=O)CN(c1ccccc1)S(=O)(=O)c1ccc2ccccc2c1. The van der Waals surface area contributed by atoms with E-state index >= 15 is 0 Å². The fourth-order valence-corrected chi connectivity index (χ4v) is 4.61. The van der Waals surface area contributed by atoms with E-state index in [1.54, 1.807) is 47.4 Å². The third-order valence-electron chi connectivity index (χ3n) is 4.75. The normalized spacial score (nSPS) is 11.4. The van der Waals surface area contributed by atoms with Crippen molar-refractivity contribution in [1.29, 1.82) is 0 Å². The molecule has 0 atom stereocenters. The Hall–Kier alpha value is -2.86. The molecule has 0 N–H and O–H groups in total. The number of carbonyl (C=O) groups excluding carboxylic acids is 1. The van der Waals surface area contributed by atoms with Crippen LogP contribution in [0.5, 0.6) is 0 Å². The first-order valence-electron chi connectivity index (χ1n) is 9.31. The second-order valence-electron chi connectivity index (χ2n) is 6.42. The van der Waals surface area contributed by atoms with Crippen LogP contribution in [0.4, 0.5) is 5.69 Å². The maximum Gasteiger partial charge on any atom is 0.264 e. The number of sulfonamides is 1. The van der Waals surface area contributed by atoms with Crippen molar-refractivity contribution >= 4 is 32.4 Å². The summed E-state index contributed by atoms with van der Waals surface area (Å²) in [5.41, 5.74) is 0.469. The highest BCUT2D eigenvalue weighted by atomic mass is 32.2. The molecule has 0 saturated heterocycles. The third-order valence-corrected chi connectivity index (χ3v) is 6.52. The number of hydrogen-bond donors (Lipinski definition) is 0. The van der Waals surface area contributed by atoms with Crippen LogP contribution in [-0.2, 0) is 14.8 Å². The Morgan fingerprint density at radius 1 is 0.821 bits per heavy atom. The van der Waals surface area contributed by atoms with Gasteiger partial charge < -0.3 is 4.90 Å². The Balaban J connectivity index is 2.05. The van der Waals surface area contributed by atoms with E-state index in [0.717, 1.165) is 10.8 Å². The molecule has 0 aliphatic heterocycles. The molecule has 0 bridgehead atoms. The Morgan fingerprint density at radius 3 is 2.07 bits per heavy atom. The molecule has 6 heteroatoms. The van der Waals surface area contributed by atoms with Crippen LogP contribution in [0.15, 0.2) is 77.7 Å². The molecular weight excluding hydrogens is 372 g/mol. The molecule has 0 radical (unpaired) electrons. The molecule has 5 nitrogen and oxygen atoms in total. The zero-order valence-electron chi connectivity index (χ0n) is 16.1. The van der Waals surface area contributed by atoms with Gasteiger partial charge in [0.2, 0.25) is 5.91 Å². The highest BCUT2D eigenvalue weighted by molar-refractivity contribution is 7.92. The summed E-state index contributed by atoms with van der Waals surface area (Å²) in [7, 11) is -3.90. The number of likely N-dealkylation sites (N-methyl/N-ethyl adjacent to an activating group) is 1. The van der Waals surface area contributed by atoms with E-state index in [0.29, 0.717) is 18.8 Å². The first-order chi connectivity index (χ1) is 13.5. The highest BCUT2D eigenvalue weighted by Crippen LogP contribution is 2.26. The van der Waals surface area contributed by atoms with E-state index in [2.05, 4.69) is 0 Å². The number of benzene rings is 3. The predicted octanol–water partition coefficient (Wildman–Crippen LogP) is 3.90. The van der Waals surface area contributed by atoms with Crippen LogP contribution in [0.25, 0.3) is 10.8 Å². The summed E-state index contributed by atoms with van der Waals surface area (Å²) in [5, 5.41) is 1.80. The average molecular weight is 397 g/mol. The molecule has 0 aromatic heterocycles. The molecule has 1 amide bonds. The molecular formula is C22H24N2O3S. The van der Waals surface area contributed by atoms with E-state index in [9.17, 15) is 13.2 Å². The van der Waals surface area contributed by atoms with Crippen molar-refractivity contribution in [2.45, 2.75) is 18.7 Å². The van der Waals surface area contributed by atoms with Gasteiger partial charge in [0.15, 0.2) is 0 Å². The first-order valence-corrected chi connectivity index (χ1v) is 10.8. The van der Waals surface area contributed by atoms with Crippen molar-refractivity contribution in [2.24, 2.45) is 0 Å². The summed E-state index contributed by atoms with van der Waals surface area (Å²) in [6, 6.07) is 21.4. The third kappa shape index (κ3) is 4.02. The van der Waals surface area contributed by atoms with Crippen molar-refractivity contribution in [3.05, 3.63) is 72.8 Å². The van der Waals surface area contributed by atoms with Gasteiger partial charge in [-0.25, -0.2) is 8.42 Å². The van der Waals surface area contributed by atoms with Crippen LogP contribution in [-0.4, -0.2) is 38.9 Å². The van der Waals surface area contributed by atoms with Gasteiger partial charge in [-0.2, -0.15) is 0 Å². The topological polar surface area (TPSA) is 57.7 Å². The van der Waals surface area contributed by atoms with Crippen molar-refractivity contribution in [3.63, 3.8) is 0 Å². The highest BCUT2D eigenvalue weighted by Gasteiger charge is 2.28. The van der Waals surface area contributed by atoms with Gasteiger partial charge in [0.25, 0.3) is 10.0 Å². The van der Waals surface area contributed by atoms with E-state index in [-0.39, 0.29) is 17.3 Å². The quantitative estimate of drug-likeness (QED) is 0.609. The average Bonchev–Trinajstić information content (AvgIpc) is 2.73. The van der Waals surface area contributed by atoms with E-state index in [4.69, 9.17) is 0 Å². The number of hydrogen-bond acceptors (Lipinski definition) is 3. The summed E-state index contributed by atoms with van der Waals surface area (Å²) < 4.78 is 28.1. The molecule has 0 fully saturated rings. The maximum atomic E-state index is 13.5. The molecule has 0 aliphatic rings. The maximum absolute atomic E-state index is 13.5. The number of rotatable bonds is 7. The molecule has 28 heavy (non-hydrogen) atoms. The van der Waals surface area contributed by atoms with Crippen molar-refractivity contribution in [2.75, 3.05) is 23.9 Å². The molecule has 0 spiro atoms. The van der Waals surface area contributed by atoms with Crippen LogP contribution in [0.2, 0.25) is 0 Å². The molecule has 0 heterocycles.